The molecule has 2 rings (SSSR count). The van der Waals surface area contributed by atoms with Crippen molar-refractivity contribution in [3.63, 3.8) is 0 Å². The molecule has 1 aliphatic carbocycles. The summed E-state index contributed by atoms with van der Waals surface area (Å²) in [6, 6.07) is 8.06. The summed E-state index contributed by atoms with van der Waals surface area (Å²) in [5, 5.41) is 10.8. The molecule has 0 bridgehead atoms. The monoisotopic (exact) mass is 276 g/mol. The second-order valence-electron chi connectivity index (χ2n) is 6.51. The number of aliphatic hydroxyl groups is 1. The van der Waals surface area contributed by atoms with Crippen LogP contribution in [-0.2, 0) is 6.42 Å². The van der Waals surface area contributed by atoms with Gasteiger partial charge in [-0.1, -0.05) is 38.3 Å². The highest BCUT2D eigenvalue weighted by atomic mass is 16.5. The topological polar surface area (TPSA) is 29.5 Å². The Morgan fingerprint density at radius 3 is 2.25 bits per heavy atom. The van der Waals surface area contributed by atoms with Crippen LogP contribution in [0, 0.1) is 11.8 Å². The first-order valence-corrected chi connectivity index (χ1v) is 7.90. The zero-order valence-electron chi connectivity index (χ0n) is 13.1. The molecule has 1 saturated carbocycles. The number of benzene rings is 1. The Hall–Kier alpha value is -1.02. The molecule has 20 heavy (non-hydrogen) atoms. The number of rotatable bonds is 5. The summed E-state index contributed by atoms with van der Waals surface area (Å²) in [6.45, 7) is 4.29. The third-order valence-corrected chi connectivity index (χ3v) is 5.02. The Kier molecular flexibility index (Phi) is 5.09. The van der Waals surface area contributed by atoms with Crippen molar-refractivity contribution >= 4 is 0 Å². The smallest absolute Gasteiger partial charge is 0.118 e. The quantitative estimate of drug-likeness (QED) is 0.873. The highest BCUT2D eigenvalue weighted by Gasteiger charge is 2.34. The molecule has 112 valence electrons. The lowest BCUT2D eigenvalue weighted by atomic mass is 9.71. The van der Waals surface area contributed by atoms with Gasteiger partial charge < -0.3 is 9.84 Å². The van der Waals surface area contributed by atoms with Crippen molar-refractivity contribution in [3.8, 4) is 5.75 Å². The second kappa shape index (κ2) is 6.62. The highest BCUT2D eigenvalue weighted by molar-refractivity contribution is 5.28. The van der Waals surface area contributed by atoms with Gasteiger partial charge in [0.25, 0.3) is 0 Å². The summed E-state index contributed by atoms with van der Waals surface area (Å²) in [5.74, 6) is 2.19. The van der Waals surface area contributed by atoms with Gasteiger partial charge >= 0.3 is 0 Å². The van der Waals surface area contributed by atoms with Crippen LogP contribution >= 0.6 is 0 Å². The van der Waals surface area contributed by atoms with Crippen LogP contribution in [0.5, 0.6) is 5.75 Å². The van der Waals surface area contributed by atoms with Crippen LogP contribution in [0.15, 0.2) is 24.3 Å². The lowest BCUT2D eigenvalue weighted by molar-refractivity contribution is -0.0220. The van der Waals surface area contributed by atoms with Crippen LogP contribution < -0.4 is 4.74 Å². The van der Waals surface area contributed by atoms with Crippen LogP contribution in [0.2, 0.25) is 0 Å². The molecule has 1 N–H and O–H groups in total. The Morgan fingerprint density at radius 1 is 1.15 bits per heavy atom. The number of methoxy groups -OCH3 is 1. The van der Waals surface area contributed by atoms with Gasteiger partial charge in [-0.15, -0.1) is 0 Å². The molecule has 1 aromatic rings. The molecule has 0 amide bonds. The molecule has 0 aromatic heterocycles. The van der Waals surface area contributed by atoms with Gasteiger partial charge in [-0.2, -0.15) is 0 Å². The van der Waals surface area contributed by atoms with Crippen molar-refractivity contribution in [1.82, 2.24) is 0 Å². The third kappa shape index (κ3) is 3.76. The van der Waals surface area contributed by atoms with Crippen molar-refractivity contribution in [2.45, 2.75) is 58.0 Å². The average molecular weight is 276 g/mol. The minimum absolute atomic E-state index is 0.437. The average Bonchev–Trinajstić information content (AvgIpc) is 2.48. The third-order valence-electron chi connectivity index (χ3n) is 5.02. The van der Waals surface area contributed by atoms with Gasteiger partial charge in [-0.25, -0.2) is 0 Å². The molecular weight excluding hydrogens is 248 g/mol. The highest BCUT2D eigenvalue weighted by Crippen LogP contribution is 2.38. The number of ether oxygens (including phenoxy) is 1. The van der Waals surface area contributed by atoms with E-state index in [0.29, 0.717) is 5.92 Å². The van der Waals surface area contributed by atoms with E-state index in [0.717, 1.165) is 18.1 Å². The fraction of sp³-hybridized carbons (Fsp3) is 0.667. The van der Waals surface area contributed by atoms with Crippen LogP contribution in [0.25, 0.3) is 0 Å². The van der Waals surface area contributed by atoms with Crippen molar-refractivity contribution in [2.75, 3.05) is 7.11 Å². The van der Waals surface area contributed by atoms with Gasteiger partial charge in [-0.3, -0.25) is 0 Å². The van der Waals surface area contributed by atoms with Crippen molar-refractivity contribution in [2.24, 2.45) is 11.8 Å². The van der Waals surface area contributed by atoms with E-state index < -0.39 is 5.60 Å². The van der Waals surface area contributed by atoms with E-state index >= 15 is 0 Å². The largest absolute Gasteiger partial charge is 0.497 e. The summed E-state index contributed by atoms with van der Waals surface area (Å²) in [7, 11) is 1.68. The van der Waals surface area contributed by atoms with Crippen LogP contribution in [0.1, 0.15) is 51.5 Å². The minimum atomic E-state index is -0.590. The van der Waals surface area contributed by atoms with E-state index in [1.54, 1.807) is 7.11 Å². The maximum absolute atomic E-state index is 10.8. The molecular formula is C18H28O2. The molecule has 0 heterocycles. The summed E-state index contributed by atoms with van der Waals surface area (Å²) in [5.41, 5.74) is 0.598. The van der Waals surface area contributed by atoms with E-state index in [2.05, 4.69) is 19.1 Å². The maximum atomic E-state index is 10.8. The summed E-state index contributed by atoms with van der Waals surface area (Å²) < 4.78 is 5.18. The van der Waals surface area contributed by atoms with E-state index in [1.807, 2.05) is 19.1 Å². The van der Waals surface area contributed by atoms with Gasteiger partial charge in [0.15, 0.2) is 0 Å². The molecule has 0 saturated heterocycles. The lowest BCUT2D eigenvalue weighted by Crippen LogP contribution is -2.39. The fourth-order valence-corrected chi connectivity index (χ4v) is 3.49. The first-order chi connectivity index (χ1) is 9.55. The van der Waals surface area contributed by atoms with Crippen molar-refractivity contribution in [3.05, 3.63) is 29.8 Å². The summed E-state index contributed by atoms with van der Waals surface area (Å²) >= 11 is 0. The summed E-state index contributed by atoms with van der Waals surface area (Å²) in [4.78, 5) is 0. The van der Waals surface area contributed by atoms with Crippen LogP contribution in [0.3, 0.4) is 0 Å². The van der Waals surface area contributed by atoms with E-state index in [1.165, 1.54) is 37.7 Å². The first kappa shape index (κ1) is 15.4. The first-order valence-electron chi connectivity index (χ1n) is 7.90. The Bertz CT molecular complexity index is 400. The van der Waals surface area contributed by atoms with E-state index in [9.17, 15) is 5.11 Å². The SMILES string of the molecule is CCC1CCC(C(C)(O)Cc2ccc(OC)cc2)CC1. The molecule has 1 aliphatic rings. The van der Waals surface area contributed by atoms with Gasteiger partial charge in [0.2, 0.25) is 0 Å². The molecule has 0 aliphatic heterocycles. The molecule has 1 aromatic carbocycles. The van der Waals surface area contributed by atoms with Crippen LogP contribution in [0.4, 0.5) is 0 Å². The predicted molar refractivity (Wildman–Crippen MR) is 83.1 cm³/mol. The number of hydrogen-bond acceptors (Lipinski definition) is 2. The second-order valence-corrected chi connectivity index (χ2v) is 6.51. The van der Waals surface area contributed by atoms with Gasteiger partial charge in [-0.05, 0) is 49.3 Å². The normalized spacial score (nSPS) is 26.0. The van der Waals surface area contributed by atoms with Crippen molar-refractivity contribution in [1.29, 1.82) is 0 Å². The molecule has 0 radical (unpaired) electrons. The minimum Gasteiger partial charge on any atom is -0.497 e. The zero-order chi connectivity index (χ0) is 14.6. The standard InChI is InChI=1S/C18H28O2/c1-4-14-5-9-16(10-6-14)18(2,19)13-15-7-11-17(20-3)12-8-15/h7-8,11-12,14,16,19H,4-6,9-10,13H2,1-3H3. The van der Waals surface area contributed by atoms with Gasteiger partial charge in [0, 0.05) is 6.42 Å². The lowest BCUT2D eigenvalue weighted by Gasteiger charge is -2.38. The molecule has 1 atom stereocenters. The van der Waals surface area contributed by atoms with Gasteiger partial charge in [0.1, 0.15) is 5.75 Å². The molecule has 2 heteroatoms. The predicted octanol–water partition coefficient (Wildman–Crippen LogP) is 4.21. The van der Waals surface area contributed by atoms with Crippen molar-refractivity contribution < 1.29 is 9.84 Å². The maximum Gasteiger partial charge on any atom is 0.118 e. The Morgan fingerprint density at radius 2 is 1.75 bits per heavy atom. The van der Waals surface area contributed by atoms with E-state index in [-0.39, 0.29) is 0 Å². The summed E-state index contributed by atoms with van der Waals surface area (Å²) in [6.07, 6.45) is 6.91. The van der Waals surface area contributed by atoms with Gasteiger partial charge in [0.05, 0.1) is 12.7 Å². The van der Waals surface area contributed by atoms with Crippen LogP contribution in [-0.4, -0.2) is 17.8 Å². The molecule has 2 nitrogen and oxygen atoms in total. The Balaban J connectivity index is 1.95. The fourth-order valence-electron chi connectivity index (χ4n) is 3.49. The Labute approximate surface area is 123 Å². The molecule has 0 spiro atoms. The van der Waals surface area contributed by atoms with E-state index in [4.69, 9.17) is 4.74 Å². The molecule has 1 fully saturated rings. The molecule has 1 unspecified atom stereocenters. The zero-order valence-corrected chi connectivity index (χ0v) is 13.1. The number of hydrogen-bond donors (Lipinski definition) is 1.